The monoisotopic (exact) mass is 342 g/mol. The van der Waals surface area contributed by atoms with Gasteiger partial charge in [0.2, 0.25) is 5.91 Å². The summed E-state index contributed by atoms with van der Waals surface area (Å²) in [7, 11) is 0. The summed E-state index contributed by atoms with van der Waals surface area (Å²) < 4.78 is 1.74. The van der Waals surface area contributed by atoms with E-state index in [2.05, 4.69) is 15.7 Å². The number of aryl methyl sites for hydroxylation is 1. The number of nitrogens with one attached hydrogen (secondary N) is 2. The Bertz CT molecular complexity index is 787. The Morgan fingerprint density at radius 3 is 2.40 bits per heavy atom. The molecular formula is C19H26N4O2. The molecule has 0 saturated heterocycles. The number of amides is 2. The van der Waals surface area contributed by atoms with Crippen molar-refractivity contribution in [3.63, 3.8) is 0 Å². The Morgan fingerprint density at radius 1 is 1.16 bits per heavy atom. The third kappa shape index (κ3) is 4.47. The zero-order valence-electron chi connectivity index (χ0n) is 15.7. The van der Waals surface area contributed by atoms with Crippen LogP contribution in [0.25, 0.3) is 5.69 Å². The number of hydrogen-bond donors (Lipinski definition) is 2. The Morgan fingerprint density at radius 2 is 1.80 bits per heavy atom. The lowest BCUT2D eigenvalue weighted by molar-refractivity contribution is -0.124. The van der Waals surface area contributed by atoms with Crippen molar-refractivity contribution in [2.24, 2.45) is 0 Å². The fraction of sp³-hybridized carbons (Fsp3) is 0.421. The molecule has 1 unspecified atom stereocenters. The molecule has 6 nitrogen and oxygen atoms in total. The van der Waals surface area contributed by atoms with E-state index in [1.165, 1.54) is 6.20 Å². The molecule has 0 aliphatic rings. The maximum absolute atomic E-state index is 12.5. The van der Waals surface area contributed by atoms with Crippen LogP contribution >= 0.6 is 0 Å². The molecule has 0 spiro atoms. The van der Waals surface area contributed by atoms with Gasteiger partial charge in [-0.2, -0.15) is 5.10 Å². The van der Waals surface area contributed by atoms with Crippen molar-refractivity contribution < 1.29 is 9.59 Å². The predicted octanol–water partition coefficient (Wildman–Crippen LogP) is 2.52. The third-order valence-corrected chi connectivity index (χ3v) is 3.84. The van der Waals surface area contributed by atoms with Gasteiger partial charge >= 0.3 is 0 Å². The molecule has 0 aliphatic heterocycles. The van der Waals surface area contributed by atoms with Crippen molar-refractivity contribution in [3.05, 3.63) is 47.3 Å². The van der Waals surface area contributed by atoms with Crippen molar-refractivity contribution in [2.45, 2.75) is 53.1 Å². The van der Waals surface area contributed by atoms with Gasteiger partial charge in [-0.15, -0.1) is 0 Å². The molecule has 0 bridgehead atoms. The second kappa shape index (κ2) is 7.09. The molecule has 1 aromatic heterocycles. The lowest BCUT2D eigenvalue weighted by Crippen LogP contribution is -2.50. The number of rotatable bonds is 4. The van der Waals surface area contributed by atoms with Gasteiger partial charge < -0.3 is 10.6 Å². The number of aromatic nitrogens is 2. The van der Waals surface area contributed by atoms with Gasteiger partial charge in [0, 0.05) is 5.54 Å². The molecule has 1 aromatic carbocycles. The van der Waals surface area contributed by atoms with Crippen molar-refractivity contribution in [2.75, 3.05) is 0 Å². The second-order valence-corrected chi connectivity index (χ2v) is 7.28. The zero-order chi connectivity index (χ0) is 18.8. The molecule has 6 heteroatoms. The van der Waals surface area contributed by atoms with E-state index in [9.17, 15) is 9.59 Å². The Kier molecular flexibility index (Phi) is 5.30. The normalized spacial score (nSPS) is 12.6. The molecule has 2 rings (SSSR count). The molecule has 2 amide bonds. The largest absolute Gasteiger partial charge is 0.350 e. The van der Waals surface area contributed by atoms with E-state index in [-0.39, 0.29) is 17.4 Å². The van der Waals surface area contributed by atoms with Gasteiger partial charge in [0.25, 0.3) is 5.91 Å². The maximum Gasteiger partial charge on any atom is 0.255 e. The number of benzene rings is 1. The lowest BCUT2D eigenvalue weighted by Gasteiger charge is -2.23. The summed E-state index contributed by atoms with van der Waals surface area (Å²) in [6, 6.07) is 7.21. The van der Waals surface area contributed by atoms with Crippen molar-refractivity contribution >= 4 is 11.8 Å². The van der Waals surface area contributed by atoms with Crippen LogP contribution in [0.1, 0.15) is 49.3 Å². The average Bonchev–Trinajstić information content (AvgIpc) is 2.87. The highest BCUT2D eigenvalue weighted by Gasteiger charge is 2.23. The van der Waals surface area contributed by atoms with Gasteiger partial charge in [0.1, 0.15) is 6.04 Å². The van der Waals surface area contributed by atoms with Gasteiger partial charge in [0.05, 0.1) is 23.1 Å². The fourth-order valence-electron chi connectivity index (χ4n) is 2.49. The van der Waals surface area contributed by atoms with Gasteiger partial charge in [-0.3, -0.25) is 9.59 Å². The lowest BCUT2D eigenvalue weighted by atomic mass is 10.1. The molecule has 0 fully saturated rings. The van der Waals surface area contributed by atoms with E-state index in [0.717, 1.165) is 16.9 Å². The number of carbonyl (C=O) groups is 2. The molecular weight excluding hydrogens is 316 g/mol. The Balaban J connectivity index is 2.16. The predicted molar refractivity (Wildman–Crippen MR) is 97.9 cm³/mol. The molecule has 0 saturated carbocycles. The summed E-state index contributed by atoms with van der Waals surface area (Å²) >= 11 is 0. The zero-order valence-corrected chi connectivity index (χ0v) is 15.7. The van der Waals surface area contributed by atoms with E-state index >= 15 is 0 Å². The summed E-state index contributed by atoms with van der Waals surface area (Å²) in [6.45, 7) is 11.2. The molecule has 0 radical (unpaired) electrons. The third-order valence-electron chi connectivity index (χ3n) is 3.84. The van der Waals surface area contributed by atoms with Crippen LogP contribution in [0, 0.1) is 13.8 Å². The average molecular weight is 342 g/mol. The van der Waals surface area contributed by atoms with Gasteiger partial charge in [-0.05, 0) is 53.2 Å². The minimum atomic E-state index is -0.632. The molecule has 1 atom stereocenters. The van der Waals surface area contributed by atoms with Crippen LogP contribution in [0.5, 0.6) is 0 Å². The Hall–Kier alpha value is -2.63. The van der Waals surface area contributed by atoms with Gasteiger partial charge in [-0.1, -0.05) is 18.2 Å². The van der Waals surface area contributed by atoms with E-state index in [1.807, 2.05) is 58.9 Å². The summed E-state index contributed by atoms with van der Waals surface area (Å²) in [4.78, 5) is 24.7. The first-order valence-corrected chi connectivity index (χ1v) is 8.33. The summed E-state index contributed by atoms with van der Waals surface area (Å²) in [5.41, 5.74) is 2.84. The van der Waals surface area contributed by atoms with E-state index in [4.69, 9.17) is 0 Å². The molecule has 0 aliphatic carbocycles. The maximum atomic E-state index is 12.5. The van der Waals surface area contributed by atoms with Crippen LogP contribution in [0.2, 0.25) is 0 Å². The smallest absolute Gasteiger partial charge is 0.255 e. The van der Waals surface area contributed by atoms with Gasteiger partial charge in [0.15, 0.2) is 0 Å². The van der Waals surface area contributed by atoms with E-state index < -0.39 is 6.04 Å². The number of carbonyl (C=O) groups excluding carboxylic acids is 2. The van der Waals surface area contributed by atoms with Crippen LogP contribution in [0.15, 0.2) is 30.5 Å². The first-order chi connectivity index (χ1) is 11.6. The van der Waals surface area contributed by atoms with Crippen molar-refractivity contribution in [3.8, 4) is 5.69 Å². The Labute approximate surface area is 148 Å². The molecule has 134 valence electrons. The van der Waals surface area contributed by atoms with E-state index in [1.54, 1.807) is 11.6 Å². The second-order valence-electron chi connectivity index (χ2n) is 7.28. The van der Waals surface area contributed by atoms with Crippen LogP contribution in [-0.2, 0) is 4.79 Å². The minimum absolute atomic E-state index is 0.218. The molecule has 2 N–H and O–H groups in total. The summed E-state index contributed by atoms with van der Waals surface area (Å²) in [6.07, 6.45) is 1.53. The highest BCUT2D eigenvalue weighted by atomic mass is 16.2. The highest BCUT2D eigenvalue weighted by molar-refractivity contribution is 5.98. The molecule has 2 aromatic rings. The number of hydrogen-bond acceptors (Lipinski definition) is 3. The topological polar surface area (TPSA) is 76.0 Å². The standard InChI is InChI=1S/C19H26N4O2/c1-12-9-7-8-10-16(12)23-14(3)15(11-20-23)18(25)21-13(2)17(24)22-19(4,5)6/h7-11,13H,1-6H3,(H,21,25)(H,22,24). The first kappa shape index (κ1) is 18.7. The quantitative estimate of drug-likeness (QED) is 0.896. The fourth-order valence-corrected chi connectivity index (χ4v) is 2.49. The number of nitrogens with zero attached hydrogens (tertiary/aromatic N) is 2. The highest BCUT2D eigenvalue weighted by Crippen LogP contribution is 2.17. The van der Waals surface area contributed by atoms with Crippen LogP contribution < -0.4 is 10.6 Å². The van der Waals surface area contributed by atoms with Crippen molar-refractivity contribution in [1.29, 1.82) is 0 Å². The molecule has 1 heterocycles. The van der Waals surface area contributed by atoms with Gasteiger partial charge in [-0.25, -0.2) is 4.68 Å². The van der Waals surface area contributed by atoms with Crippen LogP contribution in [-0.4, -0.2) is 33.2 Å². The van der Waals surface area contributed by atoms with Crippen LogP contribution in [0.4, 0.5) is 0 Å². The van der Waals surface area contributed by atoms with E-state index in [0.29, 0.717) is 5.56 Å². The van der Waals surface area contributed by atoms with Crippen LogP contribution in [0.3, 0.4) is 0 Å². The van der Waals surface area contributed by atoms with Crippen molar-refractivity contribution in [1.82, 2.24) is 20.4 Å². The summed E-state index contributed by atoms with van der Waals surface area (Å²) in [5, 5.41) is 9.92. The minimum Gasteiger partial charge on any atom is -0.350 e. The SMILES string of the molecule is Cc1ccccc1-n1ncc(C(=O)NC(C)C(=O)NC(C)(C)C)c1C. The number of para-hydroxylation sites is 1. The summed E-state index contributed by atoms with van der Waals surface area (Å²) in [5.74, 6) is -0.529. The first-order valence-electron chi connectivity index (χ1n) is 8.33. The molecule has 25 heavy (non-hydrogen) atoms.